The van der Waals surface area contributed by atoms with E-state index in [1.165, 1.54) is 6.07 Å². The van der Waals surface area contributed by atoms with Crippen molar-refractivity contribution in [1.82, 2.24) is 19.7 Å². The fraction of sp³-hybridized carbons (Fsp3) is 0.333. The summed E-state index contributed by atoms with van der Waals surface area (Å²) < 4.78 is 30.7. The van der Waals surface area contributed by atoms with E-state index < -0.39 is 6.17 Å². The molecule has 0 radical (unpaired) electrons. The maximum Gasteiger partial charge on any atom is 0.137 e. The van der Waals surface area contributed by atoms with Gasteiger partial charge in [-0.3, -0.25) is 4.40 Å². The SMILES string of the molecule is Cc1ccn2c(-c3ccc4c(F)ccc(CC[C@@H]5CCNC[C@H]5F)c4n3)cnc2c1. The molecule has 0 spiro atoms. The predicted molar refractivity (Wildman–Crippen MR) is 115 cm³/mol. The molecule has 4 heterocycles. The highest BCUT2D eigenvalue weighted by atomic mass is 19.1. The molecule has 1 aromatic carbocycles. The molecular weight excluding hydrogens is 382 g/mol. The Kier molecular flexibility index (Phi) is 4.95. The number of pyridine rings is 2. The molecule has 0 amide bonds. The monoisotopic (exact) mass is 406 g/mol. The number of halogens is 2. The largest absolute Gasteiger partial charge is 0.314 e. The molecule has 30 heavy (non-hydrogen) atoms. The van der Waals surface area contributed by atoms with Gasteiger partial charge in [0.25, 0.3) is 0 Å². The van der Waals surface area contributed by atoms with Gasteiger partial charge in [0.2, 0.25) is 0 Å². The normalized spacial score (nSPS) is 19.6. The zero-order valence-electron chi connectivity index (χ0n) is 16.9. The minimum atomic E-state index is -0.824. The number of benzene rings is 1. The highest BCUT2D eigenvalue weighted by Gasteiger charge is 2.24. The van der Waals surface area contributed by atoms with Gasteiger partial charge < -0.3 is 5.32 Å². The number of hydrogen-bond acceptors (Lipinski definition) is 3. The van der Waals surface area contributed by atoms with E-state index in [0.717, 1.165) is 47.5 Å². The predicted octanol–water partition coefficient (Wildman–Crippen LogP) is 4.88. The molecule has 1 N–H and O–H groups in total. The van der Waals surface area contributed by atoms with Crippen LogP contribution in [-0.4, -0.2) is 33.6 Å². The number of nitrogens with zero attached hydrogens (tertiary/aromatic N) is 3. The summed E-state index contributed by atoms with van der Waals surface area (Å²) >= 11 is 0. The second kappa shape index (κ2) is 7.76. The second-order valence-electron chi connectivity index (χ2n) is 8.18. The third kappa shape index (κ3) is 3.45. The molecule has 1 fully saturated rings. The molecule has 2 atom stereocenters. The first-order valence-corrected chi connectivity index (χ1v) is 10.5. The summed E-state index contributed by atoms with van der Waals surface area (Å²) in [5.41, 5.74) is 5.22. The first kappa shape index (κ1) is 19.1. The van der Waals surface area contributed by atoms with Crippen LogP contribution in [0.2, 0.25) is 0 Å². The van der Waals surface area contributed by atoms with Gasteiger partial charge in [-0.1, -0.05) is 6.07 Å². The summed E-state index contributed by atoms with van der Waals surface area (Å²) in [6.45, 7) is 3.30. The van der Waals surface area contributed by atoms with Gasteiger partial charge in [0.15, 0.2) is 0 Å². The average Bonchev–Trinajstić information content (AvgIpc) is 3.17. The van der Waals surface area contributed by atoms with Gasteiger partial charge in [0, 0.05) is 18.1 Å². The molecule has 5 rings (SSSR count). The Labute approximate surface area is 174 Å². The van der Waals surface area contributed by atoms with Gasteiger partial charge in [0.05, 0.1) is 23.1 Å². The fourth-order valence-electron chi connectivity index (χ4n) is 4.40. The van der Waals surface area contributed by atoms with Crippen LogP contribution in [0, 0.1) is 18.7 Å². The van der Waals surface area contributed by atoms with Crippen molar-refractivity contribution in [3.63, 3.8) is 0 Å². The Morgan fingerprint density at radius 1 is 1.20 bits per heavy atom. The summed E-state index contributed by atoms with van der Waals surface area (Å²) in [6, 6.07) is 10.9. The van der Waals surface area contributed by atoms with Gasteiger partial charge in [-0.25, -0.2) is 18.7 Å². The van der Waals surface area contributed by atoms with Crippen molar-refractivity contribution in [3.05, 3.63) is 65.7 Å². The Hall–Kier alpha value is -2.86. The van der Waals surface area contributed by atoms with Crippen molar-refractivity contribution in [3.8, 4) is 11.4 Å². The average molecular weight is 406 g/mol. The van der Waals surface area contributed by atoms with E-state index in [-0.39, 0.29) is 11.7 Å². The van der Waals surface area contributed by atoms with Gasteiger partial charge in [-0.15, -0.1) is 0 Å². The summed E-state index contributed by atoms with van der Waals surface area (Å²) in [6.07, 6.45) is 5.21. The molecule has 154 valence electrons. The van der Waals surface area contributed by atoms with E-state index in [1.807, 2.05) is 35.7 Å². The number of piperidine rings is 1. The topological polar surface area (TPSA) is 42.2 Å². The number of nitrogens with one attached hydrogen (secondary N) is 1. The highest BCUT2D eigenvalue weighted by Crippen LogP contribution is 2.28. The lowest BCUT2D eigenvalue weighted by Crippen LogP contribution is -2.38. The highest BCUT2D eigenvalue weighted by molar-refractivity contribution is 5.85. The van der Waals surface area contributed by atoms with Gasteiger partial charge in [0.1, 0.15) is 17.6 Å². The number of imidazole rings is 1. The molecule has 1 aliphatic heterocycles. The van der Waals surface area contributed by atoms with Crippen LogP contribution in [0.4, 0.5) is 8.78 Å². The van der Waals surface area contributed by atoms with Gasteiger partial charge in [-0.05, 0) is 80.1 Å². The van der Waals surface area contributed by atoms with Crippen LogP contribution < -0.4 is 5.32 Å². The van der Waals surface area contributed by atoms with Crippen molar-refractivity contribution in [2.24, 2.45) is 5.92 Å². The Morgan fingerprint density at radius 3 is 2.97 bits per heavy atom. The van der Waals surface area contributed by atoms with E-state index in [1.54, 1.807) is 18.3 Å². The first-order chi connectivity index (χ1) is 14.6. The van der Waals surface area contributed by atoms with E-state index in [4.69, 9.17) is 4.98 Å². The third-order valence-corrected chi connectivity index (χ3v) is 6.15. The molecule has 0 unspecified atom stereocenters. The maximum atomic E-state index is 14.5. The Morgan fingerprint density at radius 2 is 2.10 bits per heavy atom. The van der Waals surface area contributed by atoms with Crippen LogP contribution in [-0.2, 0) is 6.42 Å². The maximum absolute atomic E-state index is 14.5. The summed E-state index contributed by atoms with van der Waals surface area (Å²) in [5.74, 6) is -0.247. The fourth-order valence-corrected chi connectivity index (χ4v) is 4.40. The molecule has 0 bridgehead atoms. The molecule has 4 nitrogen and oxygen atoms in total. The number of fused-ring (bicyclic) bond motifs is 2. The second-order valence-corrected chi connectivity index (χ2v) is 8.18. The Bertz CT molecular complexity index is 1220. The van der Waals surface area contributed by atoms with E-state index in [9.17, 15) is 8.78 Å². The van der Waals surface area contributed by atoms with Crippen LogP contribution in [0.5, 0.6) is 0 Å². The molecule has 0 saturated carbocycles. The van der Waals surface area contributed by atoms with Crippen molar-refractivity contribution in [2.45, 2.75) is 32.4 Å². The number of aromatic nitrogens is 3. The first-order valence-electron chi connectivity index (χ1n) is 10.5. The number of aryl methyl sites for hydroxylation is 2. The van der Waals surface area contributed by atoms with E-state index in [2.05, 4.69) is 10.3 Å². The molecule has 0 aliphatic carbocycles. The summed E-state index contributed by atoms with van der Waals surface area (Å²) in [7, 11) is 0. The quantitative estimate of drug-likeness (QED) is 0.525. The summed E-state index contributed by atoms with van der Waals surface area (Å²) in [4.78, 5) is 9.31. The summed E-state index contributed by atoms with van der Waals surface area (Å²) in [5, 5.41) is 3.60. The van der Waals surface area contributed by atoms with Crippen molar-refractivity contribution < 1.29 is 8.78 Å². The standard InChI is InChI=1S/C24H24F2N4/c1-15-9-11-30-22(14-28-23(30)12-15)21-7-5-18-19(25)6-4-17(24(18)29-21)3-2-16-8-10-27-13-20(16)26/h4-7,9,11-12,14,16,20,27H,2-3,8,10,13H2,1H3/t16-,20-/m1/s1. The van der Waals surface area contributed by atoms with Crippen LogP contribution in [0.1, 0.15) is 24.0 Å². The zero-order valence-corrected chi connectivity index (χ0v) is 16.9. The van der Waals surface area contributed by atoms with E-state index >= 15 is 0 Å². The van der Waals surface area contributed by atoms with Gasteiger partial charge >= 0.3 is 0 Å². The minimum Gasteiger partial charge on any atom is -0.314 e. The molecule has 6 heteroatoms. The molecular formula is C24H24F2N4. The number of alkyl halides is 1. The molecule has 3 aromatic heterocycles. The molecule has 1 saturated heterocycles. The van der Waals surface area contributed by atoms with Crippen LogP contribution >= 0.6 is 0 Å². The van der Waals surface area contributed by atoms with Crippen LogP contribution in [0.15, 0.2) is 48.8 Å². The van der Waals surface area contributed by atoms with E-state index in [0.29, 0.717) is 23.9 Å². The third-order valence-electron chi connectivity index (χ3n) is 6.15. The van der Waals surface area contributed by atoms with Gasteiger partial charge in [-0.2, -0.15) is 0 Å². The lowest BCUT2D eigenvalue weighted by molar-refractivity contribution is 0.172. The number of hydrogen-bond donors (Lipinski definition) is 1. The Balaban J connectivity index is 1.53. The number of rotatable bonds is 4. The lowest BCUT2D eigenvalue weighted by Gasteiger charge is -2.26. The van der Waals surface area contributed by atoms with Crippen molar-refractivity contribution >= 4 is 16.6 Å². The van der Waals surface area contributed by atoms with Crippen LogP contribution in [0.3, 0.4) is 0 Å². The zero-order chi connectivity index (χ0) is 20.7. The van der Waals surface area contributed by atoms with Crippen molar-refractivity contribution in [2.75, 3.05) is 13.1 Å². The smallest absolute Gasteiger partial charge is 0.137 e. The molecule has 4 aromatic rings. The minimum absolute atomic E-state index is 0.0385. The lowest BCUT2D eigenvalue weighted by atomic mass is 9.89. The van der Waals surface area contributed by atoms with Crippen molar-refractivity contribution in [1.29, 1.82) is 0 Å². The van der Waals surface area contributed by atoms with Crippen LogP contribution in [0.25, 0.3) is 27.9 Å². The molecule has 1 aliphatic rings.